The van der Waals surface area contributed by atoms with Crippen molar-refractivity contribution < 1.29 is 10.2 Å². The summed E-state index contributed by atoms with van der Waals surface area (Å²) in [4.78, 5) is 20.1. The van der Waals surface area contributed by atoms with Crippen LogP contribution in [-0.2, 0) is 6.54 Å². The predicted octanol–water partition coefficient (Wildman–Crippen LogP) is 13.8. The van der Waals surface area contributed by atoms with Crippen LogP contribution in [0.1, 0.15) is 79.7 Å². The zero-order chi connectivity index (χ0) is 50.4. The number of rotatable bonds is 23. The van der Waals surface area contributed by atoms with Gasteiger partial charge >= 0.3 is 0 Å². The number of aliphatic hydroxyl groups is 1. The zero-order valence-corrected chi connectivity index (χ0v) is 44.4. The summed E-state index contributed by atoms with van der Waals surface area (Å²) in [7, 11) is 0. The van der Waals surface area contributed by atoms with Gasteiger partial charge in [0.15, 0.2) is 0 Å². The maximum absolute atomic E-state index is 10.2. The molecule has 70 heavy (non-hydrogen) atoms. The predicted molar refractivity (Wildman–Crippen MR) is 300 cm³/mol. The summed E-state index contributed by atoms with van der Waals surface area (Å²) in [6.45, 7) is 24.3. The van der Waals surface area contributed by atoms with Gasteiger partial charge in [0, 0.05) is 103 Å². The average molecular weight is 1010 g/mol. The molecule has 11 nitrogen and oxygen atoms in total. The molecule has 0 radical (unpaired) electrons. The topological polar surface area (TPSA) is 125 Å². The van der Waals surface area contributed by atoms with Crippen LogP contribution in [0.15, 0.2) is 110 Å². The van der Waals surface area contributed by atoms with Crippen molar-refractivity contribution in [2.75, 3.05) is 74.9 Å². The van der Waals surface area contributed by atoms with Gasteiger partial charge in [0.05, 0.1) is 23.2 Å². The summed E-state index contributed by atoms with van der Waals surface area (Å²) in [5.41, 5.74) is 7.74. The Bertz CT molecular complexity index is 2670. The lowest BCUT2D eigenvalue weighted by Crippen LogP contribution is -2.28. The van der Waals surface area contributed by atoms with Gasteiger partial charge in [0.2, 0.25) is 0 Å². The lowest BCUT2D eigenvalue weighted by molar-refractivity contribution is 0.199. The summed E-state index contributed by atoms with van der Waals surface area (Å²) in [6, 6.07) is 29.8. The highest BCUT2D eigenvalue weighted by molar-refractivity contribution is 6.32. The quantitative estimate of drug-likeness (QED) is 0.0394. The van der Waals surface area contributed by atoms with Crippen molar-refractivity contribution in [1.82, 2.24) is 29.7 Å². The Hall–Kier alpha value is -4.98. The fraction of sp³-hybridized carbons (Fsp3) is 0.411. The molecule has 0 aliphatic rings. The SMILES string of the molecule is CCN(CC)CCCC(C)Nc1ccnc2cc(Cl)ccc12.CCN(CC)Cc1cc(Nc2ccnc3cc(Cl)ccc23)ccc1O.CCN(CCO)CCCC(C)Nc1ccnc2cc(Cl)ccc12. The Morgan fingerprint density at radius 1 is 0.514 bits per heavy atom. The Kier molecular flexibility index (Phi) is 23.5. The summed E-state index contributed by atoms with van der Waals surface area (Å²) in [5.74, 6) is 0.323. The first-order chi connectivity index (χ1) is 33.9. The molecule has 0 amide bonds. The van der Waals surface area contributed by atoms with Crippen LogP contribution in [0, 0.1) is 0 Å². The molecule has 2 atom stereocenters. The number of hydrogen-bond donors (Lipinski definition) is 5. The molecule has 7 rings (SSSR count). The highest BCUT2D eigenvalue weighted by atomic mass is 35.5. The smallest absolute Gasteiger partial charge is 0.120 e. The van der Waals surface area contributed by atoms with Crippen LogP contribution in [-0.4, -0.2) is 111 Å². The standard InChI is InChI=1S/C20H22ClN3O.C18H26ClN3O.C18H26ClN3/c1-3-24(4-2)13-14-11-16(6-8-20(14)25)23-18-9-10-22-19-12-15(21)5-7-17(18)19;1-3-22(11-12-23)10-4-5-14(2)21-17-8-9-20-18-13-15(19)6-7-16(17)18;1-4-22(5-2)12-6-7-14(3)21-17-10-11-20-18-13-15(19)8-9-16(17)18/h5-12,25H,3-4,13H2,1-2H3,(H,22,23);6-9,13-14,23H,3-5,10-12H2,1-2H3,(H,20,21);8-11,13-14H,4-7,12H2,1-3H3,(H,20,21). The van der Waals surface area contributed by atoms with Gasteiger partial charge in [-0.1, -0.05) is 69.4 Å². The van der Waals surface area contributed by atoms with Crippen molar-refractivity contribution in [3.63, 3.8) is 0 Å². The van der Waals surface area contributed by atoms with Gasteiger partial charge in [-0.3, -0.25) is 19.9 Å². The van der Waals surface area contributed by atoms with Crippen LogP contribution in [0.3, 0.4) is 0 Å². The van der Waals surface area contributed by atoms with Gasteiger partial charge in [-0.2, -0.15) is 0 Å². The van der Waals surface area contributed by atoms with Gasteiger partial charge in [0.1, 0.15) is 5.75 Å². The van der Waals surface area contributed by atoms with E-state index >= 15 is 0 Å². The van der Waals surface area contributed by atoms with Crippen molar-refractivity contribution in [2.45, 2.75) is 92.8 Å². The van der Waals surface area contributed by atoms with Crippen LogP contribution in [0.5, 0.6) is 5.75 Å². The normalized spacial score (nSPS) is 12.2. The molecule has 0 aliphatic heterocycles. The number of fused-ring (bicyclic) bond motifs is 3. The van der Waals surface area contributed by atoms with Crippen LogP contribution < -0.4 is 16.0 Å². The Morgan fingerprint density at radius 2 is 0.943 bits per heavy atom. The number of nitrogens with one attached hydrogen (secondary N) is 3. The van der Waals surface area contributed by atoms with E-state index in [1.165, 1.54) is 13.0 Å². The summed E-state index contributed by atoms with van der Waals surface area (Å²) >= 11 is 18.1. The molecule has 7 aromatic rings. The number of aromatic nitrogens is 3. The molecule has 2 unspecified atom stereocenters. The average Bonchev–Trinajstić information content (AvgIpc) is 3.35. The molecular weight excluding hydrogens is 937 g/mol. The molecule has 0 fully saturated rings. The number of hydrogen-bond acceptors (Lipinski definition) is 11. The minimum atomic E-state index is 0.229. The zero-order valence-electron chi connectivity index (χ0n) is 42.2. The van der Waals surface area contributed by atoms with E-state index in [9.17, 15) is 5.11 Å². The van der Waals surface area contributed by atoms with E-state index in [1.807, 2.05) is 97.3 Å². The highest BCUT2D eigenvalue weighted by Crippen LogP contribution is 2.31. The third-order valence-electron chi connectivity index (χ3n) is 12.5. The molecule has 3 aromatic heterocycles. The minimum Gasteiger partial charge on any atom is -0.508 e. The minimum absolute atomic E-state index is 0.229. The highest BCUT2D eigenvalue weighted by Gasteiger charge is 2.12. The number of pyridine rings is 3. The Morgan fingerprint density at radius 3 is 1.39 bits per heavy atom. The largest absolute Gasteiger partial charge is 0.508 e. The van der Waals surface area contributed by atoms with Crippen molar-refractivity contribution in [3.05, 3.63) is 130 Å². The monoisotopic (exact) mass is 1010 g/mol. The van der Waals surface area contributed by atoms with Crippen LogP contribution in [0.2, 0.25) is 15.1 Å². The maximum Gasteiger partial charge on any atom is 0.120 e. The second-order valence-electron chi connectivity index (χ2n) is 17.5. The Labute approximate surface area is 431 Å². The van der Waals surface area contributed by atoms with E-state index in [0.717, 1.165) is 138 Å². The number of phenolic OH excluding ortho intramolecular Hbond substituents is 1. The third kappa shape index (κ3) is 17.4. The molecule has 4 aromatic carbocycles. The van der Waals surface area contributed by atoms with E-state index in [-0.39, 0.29) is 6.61 Å². The molecule has 3 heterocycles. The number of nitrogens with zero attached hydrogens (tertiary/aromatic N) is 6. The first-order valence-corrected chi connectivity index (χ1v) is 26.0. The van der Waals surface area contributed by atoms with Crippen molar-refractivity contribution in [1.29, 1.82) is 0 Å². The van der Waals surface area contributed by atoms with Crippen molar-refractivity contribution in [2.24, 2.45) is 0 Å². The van der Waals surface area contributed by atoms with Gasteiger partial charge in [-0.15, -0.1) is 0 Å². The van der Waals surface area contributed by atoms with Gasteiger partial charge in [-0.05, 0) is 176 Å². The first kappa shape index (κ1) is 55.9. The number of aromatic hydroxyl groups is 1. The van der Waals surface area contributed by atoms with E-state index in [2.05, 4.69) is 94.1 Å². The van der Waals surface area contributed by atoms with E-state index in [4.69, 9.17) is 39.9 Å². The second kappa shape index (κ2) is 29.4. The van der Waals surface area contributed by atoms with Gasteiger partial charge < -0.3 is 36.0 Å². The fourth-order valence-electron chi connectivity index (χ4n) is 8.38. The number of anilines is 4. The molecule has 376 valence electrons. The number of aliphatic hydroxyl groups excluding tert-OH is 1. The molecule has 0 aliphatic carbocycles. The molecule has 0 saturated heterocycles. The lowest BCUT2D eigenvalue weighted by atomic mass is 10.1. The Balaban J connectivity index is 0.000000196. The molecule has 5 N–H and O–H groups in total. The van der Waals surface area contributed by atoms with E-state index in [0.29, 0.717) is 27.9 Å². The van der Waals surface area contributed by atoms with Crippen molar-refractivity contribution >= 4 is 90.3 Å². The number of benzene rings is 4. The molecule has 0 saturated carbocycles. The molecular formula is C56H74Cl3N9O2. The van der Waals surface area contributed by atoms with Gasteiger partial charge in [0.25, 0.3) is 0 Å². The number of likely N-dealkylation sites (N-methyl/N-ethyl adjacent to an activating group) is 1. The maximum atomic E-state index is 10.2. The second-order valence-corrected chi connectivity index (χ2v) is 18.9. The van der Waals surface area contributed by atoms with Crippen LogP contribution in [0.25, 0.3) is 32.7 Å². The molecule has 0 spiro atoms. The molecule has 0 bridgehead atoms. The number of phenols is 1. The van der Waals surface area contributed by atoms with Crippen molar-refractivity contribution in [3.8, 4) is 5.75 Å². The molecule has 14 heteroatoms. The lowest BCUT2D eigenvalue weighted by Gasteiger charge is -2.21. The third-order valence-corrected chi connectivity index (χ3v) is 13.3. The van der Waals surface area contributed by atoms with Crippen LogP contribution in [0.4, 0.5) is 22.7 Å². The fourth-order valence-corrected chi connectivity index (χ4v) is 8.88. The van der Waals surface area contributed by atoms with Gasteiger partial charge in [-0.25, -0.2) is 0 Å². The van der Waals surface area contributed by atoms with E-state index in [1.54, 1.807) is 12.3 Å². The number of halogens is 3. The summed E-state index contributed by atoms with van der Waals surface area (Å²) < 4.78 is 0. The first-order valence-electron chi connectivity index (χ1n) is 24.9. The summed E-state index contributed by atoms with van der Waals surface area (Å²) in [6.07, 6.45) is 9.98. The van der Waals surface area contributed by atoms with E-state index < -0.39 is 0 Å². The van der Waals surface area contributed by atoms with Crippen LogP contribution >= 0.6 is 34.8 Å². The summed E-state index contributed by atoms with van der Waals surface area (Å²) in [5, 5.41) is 35.1.